The molecule has 0 bridgehead atoms. The Morgan fingerprint density at radius 1 is 1.23 bits per heavy atom. The zero-order chi connectivity index (χ0) is 18.5. The number of thiazole rings is 1. The van der Waals surface area contributed by atoms with E-state index in [1.165, 1.54) is 17.8 Å². The molecule has 1 aromatic heterocycles. The number of nitrogens with zero attached hydrogens (tertiary/aromatic N) is 1. The van der Waals surface area contributed by atoms with Crippen LogP contribution in [-0.4, -0.2) is 29.5 Å². The highest BCUT2D eigenvalue weighted by atomic mass is 32.1. The number of hydrogen-bond donors (Lipinski definition) is 1. The summed E-state index contributed by atoms with van der Waals surface area (Å²) in [6.45, 7) is 3.75. The first-order chi connectivity index (χ1) is 12.5. The third-order valence-corrected chi connectivity index (χ3v) is 5.71. The summed E-state index contributed by atoms with van der Waals surface area (Å²) in [6, 6.07) is 9.71. The number of aryl methyl sites for hydroxylation is 1. The van der Waals surface area contributed by atoms with Gasteiger partial charge in [-0.1, -0.05) is 50.1 Å². The van der Waals surface area contributed by atoms with Crippen LogP contribution in [-0.2, 0) is 9.53 Å². The van der Waals surface area contributed by atoms with Gasteiger partial charge < -0.3 is 10.1 Å². The van der Waals surface area contributed by atoms with Crippen LogP contribution in [0.15, 0.2) is 30.3 Å². The number of hydrogen-bond acceptors (Lipinski definition) is 5. The average molecular weight is 372 g/mol. The van der Waals surface area contributed by atoms with Gasteiger partial charge in [0, 0.05) is 11.6 Å². The molecule has 138 valence electrons. The molecule has 0 unspecified atom stereocenters. The van der Waals surface area contributed by atoms with E-state index in [9.17, 15) is 9.59 Å². The van der Waals surface area contributed by atoms with Crippen LogP contribution in [0.25, 0.3) is 11.3 Å². The number of esters is 1. The van der Waals surface area contributed by atoms with Crippen molar-refractivity contribution < 1.29 is 14.3 Å². The molecule has 1 aliphatic carbocycles. The van der Waals surface area contributed by atoms with Gasteiger partial charge in [0.1, 0.15) is 4.88 Å². The third kappa shape index (κ3) is 4.49. The minimum absolute atomic E-state index is 0.181. The predicted molar refractivity (Wildman–Crippen MR) is 102 cm³/mol. The monoisotopic (exact) mass is 372 g/mol. The molecule has 0 spiro atoms. The summed E-state index contributed by atoms with van der Waals surface area (Å²) in [7, 11) is 0. The Bertz CT molecular complexity index is 773. The number of aromatic nitrogens is 1. The molecule has 2 aromatic rings. The van der Waals surface area contributed by atoms with E-state index in [1.54, 1.807) is 0 Å². The zero-order valence-electron chi connectivity index (χ0n) is 15.2. The number of rotatable bonds is 5. The van der Waals surface area contributed by atoms with Crippen LogP contribution >= 0.6 is 11.3 Å². The first kappa shape index (κ1) is 18.6. The van der Waals surface area contributed by atoms with Crippen molar-refractivity contribution in [2.45, 2.75) is 45.6 Å². The van der Waals surface area contributed by atoms with E-state index in [0.717, 1.165) is 29.8 Å². The lowest BCUT2D eigenvalue weighted by atomic mass is 9.86. The maximum atomic E-state index is 12.5. The molecule has 0 radical (unpaired) electrons. The summed E-state index contributed by atoms with van der Waals surface area (Å²) in [4.78, 5) is 29.5. The van der Waals surface area contributed by atoms with E-state index in [2.05, 4.69) is 17.2 Å². The van der Waals surface area contributed by atoms with E-state index in [-0.39, 0.29) is 18.6 Å². The van der Waals surface area contributed by atoms with Crippen LogP contribution < -0.4 is 5.32 Å². The van der Waals surface area contributed by atoms with E-state index in [0.29, 0.717) is 16.5 Å². The van der Waals surface area contributed by atoms with Crippen molar-refractivity contribution in [1.82, 2.24) is 10.3 Å². The normalized spacial score (nSPS) is 19.8. The fourth-order valence-electron chi connectivity index (χ4n) is 3.33. The first-order valence-corrected chi connectivity index (χ1v) is 9.85. The second kappa shape index (κ2) is 8.45. The molecule has 1 saturated carbocycles. The molecule has 1 heterocycles. The van der Waals surface area contributed by atoms with Gasteiger partial charge in [-0.3, -0.25) is 4.79 Å². The molecule has 5 nitrogen and oxygen atoms in total. The molecule has 1 aliphatic rings. The van der Waals surface area contributed by atoms with Gasteiger partial charge >= 0.3 is 5.97 Å². The number of carbonyl (C=O) groups is 2. The number of carbonyl (C=O) groups excluding carboxylic acids is 2. The minimum atomic E-state index is -0.499. The van der Waals surface area contributed by atoms with Gasteiger partial charge in [-0.05, 0) is 25.7 Å². The number of nitrogens with one attached hydrogen (secondary N) is 1. The van der Waals surface area contributed by atoms with Crippen molar-refractivity contribution in [2.75, 3.05) is 6.61 Å². The van der Waals surface area contributed by atoms with Gasteiger partial charge in [-0.25, -0.2) is 9.78 Å². The van der Waals surface area contributed by atoms with Crippen molar-refractivity contribution in [3.63, 3.8) is 0 Å². The zero-order valence-corrected chi connectivity index (χ0v) is 16.0. The molecule has 0 saturated heterocycles. The lowest BCUT2D eigenvalue weighted by Gasteiger charge is -2.29. The van der Waals surface area contributed by atoms with Gasteiger partial charge in [0.05, 0.1) is 10.7 Å². The van der Waals surface area contributed by atoms with E-state index in [1.807, 2.05) is 37.3 Å². The van der Waals surface area contributed by atoms with Gasteiger partial charge in [-0.15, -0.1) is 11.3 Å². The summed E-state index contributed by atoms with van der Waals surface area (Å²) in [5.74, 6) is -0.266. The van der Waals surface area contributed by atoms with Crippen molar-refractivity contribution in [3.8, 4) is 11.3 Å². The molecule has 0 aliphatic heterocycles. The summed E-state index contributed by atoms with van der Waals surface area (Å²) in [6.07, 6.45) is 4.48. The molecule has 1 N–H and O–H groups in total. The highest BCUT2D eigenvalue weighted by molar-refractivity contribution is 7.14. The fraction of sp³-hybridized carbons (Fsp3) is 0.450. The molecule has 1 fully saturated rings. The van der Waals surface area contributed by atoms with E-state index < -0.39 is 5.97 Å². The highest BCUT2D eigenvalue weighted by Crippen LogP contribution is 2.28. The standard InChI is InChI=1S/C20H24N2O3S/c1-13-8-6-7-11-16(13)22-17(23)12-25-20(24)19-18(21-14(2)26-19)15-9-4-3-5-10-15/h3-5,9-10,13,16H,6-8,11-12H2,1-2H3,(H,22,23)/t13-,16+/m0/s1. The summed E-state index contributed by atoms with van der Waals surface area (Å²) >= 11 is 1.29. The van der Waals surface area contributed by atoms with Crippen molar-refractivity contribution >= 4 is 23.2 Å². The van der Waals surface area contributed by atoms with Crippen LogP contribution in [0.1, 0.15) is 47.3 Å². The summed E-state index contributed by atoms with van der Waals surface area (Å²) < 4.78 is 5.26. The number of benzene rings is 1. The Balaban J connectivity index is 1.61. The molecule has 1 aromatic carbocycles. The number of ether oxygens (including phenoxy) is 1. The van der Waals surface area contributed by atoms with Crippen molar-refractivity contribution in [3.05, 3.63) is 40.2 Å². The minimum Gasteiger partial charge on any atom is -0.451 e. The molecule has 3 rings (SSSR count). The lowest BCUT2D eigenvalue weighted by Crippen LogP contribution is -2.42. The van der Waals surface area contributed by atoms with Gasteiger partial charge in [0.25, 0.3) is 5.91 Å². The Kier molecular flexibility index (Phi) is 6.04. The molecular weight excluding hydrogens is 348 g/mol. The second-order valence-electron chi connectivity index (χ2n) is 6.79. The van der Waals surface area contributed by atoms with Gasteiger partial charge in [-0.2, -0.15) is 0 Å². The van der Waals surface area contributed by atoms with Crippen LogP contribution in [0.3, 0.4) is 0 Å². The molecule has 2 atom stereocenters. The Hall–Kier alpha value is -2.21. The van der Waals surface area contributed by atoms with Crippen LogP contribution in [0.5, 0.6) is 0 Å². The van der Waals surface area contributed by atoms with Crippen molar-refractivity contribution in [2.24, 2.45) is 5.92 Å². The number of amides is 1. The quantitative estimate of drug-likeness (QED) is 0.807. The van der Waals surface area contributed by atoms with Crippen LogP contribution in [0.4, 0.5) is 0 Å². The molecular formula is C20H24N2O3S. The topological polar surface area (TPSA) is 68.3 Å². The smallest absolute Gasteiger partial charge is 0.351 e. The van der Waals surface area contributed by atoms with Gasteiger partial charge in [0.2, 0.25) is 0 Å². The van der Waals surface area contributed by atoms with Gasteiger partial charge in [0.15, 0.2) is 6.61 Å². The Morgan fingerprint density at radius 2 is 1.96 bits per heavy atom. The summed E-state index contributed by atoms with van der Waals surface area (Å²) in [5, 5.41) is 3.79. The first-order valence-electron chi connectivity index (χ1n) is 9.04. The van der Waals surface area contributed by atoms with Crippen LogP contribution in [0, 0.1) is 12.8 Å². The average Bonchev–Trinajstić information content (AvgIpc) is 3.04. The maximum Gasteiger partial charge on any atom is 0.351 e. The Morgan fingerprint density at radius 3 is 2.69 bits per heavy atom. The van der Waals surface area contributed by atoms with E-state index >= 15 is 0 Å². The van der Waals surface area contributed by atoms with E-state index in [4.69, 9.17) is 4.74 Å². The largest absolute Gasteiger partial charge is 0.451 e. The highest BCUT2D eigenvalue weighted by Gasteiger charge is 2.24. The second-order valence-corrected chi connectivity index (χ2v) is 7.99. The van der Waals surface area contributed by atoms with Crippen molar-refractivity contribution in [1.29, 1.82) is 0 Å². The molecule has 1 amide bonds. The fourth-order valence-corrected chi connectivity index (χ4v) is 4.17. The Labute approximate surface area is 157 Å². The summed E-state index contributed by atoms with van der Waals surface area (Å²) in [5.41, 5.74) is 1.48. The maximum absolute atomic E-state index is 12.5. The predicted octanol–water partition coefficient (Wildman–Crippen LogP) is 3.97. The SMILES string of the molecule is Cc1nc(-c2ccccc2)c(C(=O)OCC(=O)N[C@@H]2CCCC[C@@H]2C)s1. The molecule has 6 heteroatoms. The molecule has 26 heavy (non-hydrogen) atoms. The third-order valence-electron chi connectivity index (χ3n) is 4.76. The lowest BCUT2D eigenvalue weighted by molar-refractivity contribution is -0.125. The van der Waals surface area contributed by atoms with Crippen LogP contribution in [0.2, 0.25) is 0 Å².